The van der Waals surface area contributed by atoms with Gasteiger partial charge < -0.3 is 10.0 Å². The zero-order valence-corrected chi connectivity index (χ0v) is 11.8. The van der Waals surface area contributed by atoms with Crippen molar-refractivity contribution in [1.29, 1.82) is 0 Å². The number of fused-ring (bicyclic) bond motifs is 2. The fraction of sp³-hybridized carbons (Fsp3) is 0.438. The lowest BCUT2D eigenvalue weighted by atomic mass is 9.94. The molecule has 2 heterocycles. The zero-order valence-electron chi connectivity index (χ0n) is 11.8. The maximum absolute atomic E-state index is 9.79. The molecule has 1 aliphatic rings. The van der Waals surface area contributed by atoms with Crippen molar-refractivity contribution >= 4 is 10.9 Å². The number of aryl methyl sites for hydroxylation is 2. The van der Waals surface area contributed by atoms with E-state index in [1.165, 1.54) is 22.4 Å². The third-order valence-electron chi connectivity index (χ3n) is 4.30. The highest BCUT2D eigenvalue weighted by Gasteiger charge is 2.20. The maximum atomic E-state index is 9.79. The van der Waals surface area contributed by atoms with Gasteiger partial charge in [0.15, 0.2) is 0 Å². The molecule has 3 rings (SSSR count). The molecule has 0 spiro atoms. The van der Waals surface area contributed by atoms with E-state index in [9.17, 15) is 5.11 Å². The van der Waals surface area contributed by atoms with E-state index in [0.717, 1.165) is 36.0 Å². The quantitative estimate of drug-likeness (QED) is 0.850. The van der Waals surface area contributed by atoms with E-state index in [2.05, 4.69) is 37.9 Å². The van der Waals surface area contributed by atoms with Gasteiger partial charge in [-0.15, -0.1) is 0 Å². The third-order valence-corrected chi connectivity index (χ3v) is 4.30. The number of rotatable bonds is 1. The van der Waals surface area contributed by atoms with Crippen LogP contribution in [0.3, 0.4) is 0 Å². The first kappa shape index (κ1) is 12.6. The smallest absolute Gasteiger partial charge is 0.0740 e. The van der Waals surface area contributed by atoms with Crippen LogP contribution in [0.5, 0.6) is 0 Å². The van der Waals surface area contributed by atoms with Crippen molar-refractivity contribution in [3.05, 3.63) is 40.1 Å². The standard InChI is InChI=1S/C16H20N2O/c1-10-4-5-12-14(9-19)13-8-18(3)7-6-15(13)17-16(12)11(10)2/h4-5,19H,6-9H2,1-3H3. The van der Waals surface area contributed by atoms with Gasteiger partial charge in [-0.3, -0.25) is 4.98 Å². The summed E-state index contributed by atoms with van der Waals surface area (Å²) in [5.41, 5.74) is 7.02. The second-order valence-corrected chi connectivity index (χ2v) is 5.57. The monoisotopic (exact) mass is 256 g/mol. The van der Waals surface area contributed by atoms with Crippen molar-refractivity contribution in [2.75, 3.05) is 13.6 Å². The predicted molar refractivity (Wildman–Crippen MR) is 77.2 cm³/mol. The Labute approximate surface area is 113 Å². The van der Waals surface area contributed by atoms with Gasteiger partial charge in [0.05, 0.1) is 12.1 Å². The Kier molecular flexibility index (Phi) is 3.03. The van der Waals surface area contributed by atoms with Crippen molar-refractivity contribution in [1.82, 2.24) is 9.88 Å². The number of aliphatic hydroxyl groups excluding tert-OH is 1. The molecule has 3 nitrogen and oxygen atoms in total. The van der Waals surface area contributed by atoms with Gasteiger partial charge in [0.1, 0.15) is 0 Å². The highest BCUT2D eigenvalue weighted by atomic mass is 16.3. The van der Waals surface area contributed by atoms with Gasteiger partial charge in [-0.2, -0.15) is 0 Å². The first-order valence-electron chi connectivity index (χ1n) is 6.81. The van der Waals surface area contributed by atoms with E-state index in [1.807, 2.05) is 0 Å². The van der Waals surface area contributed by atoms with E-state index >= 15 is 0 Å². The average Bonchev–Trinajstić information content (AvgIpc) is 2.41. The molecule has 0 saturated carbocycles. The van der Waals surface area contributed by atoms with Crippen LogP contribution in [0.15, 0.2) is 12.1 Å². The van der Waals surface area contributed by atoms with Crippen LogP contribution < -0.4 is 0 Å². The number of pyridine rings is 1. The molecule has 2 aromatic rings. The molecule has 1 aromatic heterocycles. The van der Waals surface area contributed by atoms with Crippen LogP contribution in [0.4, 0.5) is 0 Å². The Morgan fingerprint density at radius 3 is 2.84 bits per heavy atom. The highest BCUT2D eigenvalue weighted by Crippen LogP contribution is 2.30. The summed E-state index contributed by atoms with van der Waals surface area (Å²) < 4.78 is 0. The summed E-state index contributed by atoms with van der Waals surface area (Å²) in [4.78, 5) is 7.17. The molecule has 1 aliphatic heterocycles. The predicted octanol–water partition coefficient (Wildman–Crippen LogP) is 2.33. The number of nitrogens with zero attached hydrogens (tertiary/aromatic N) is 2. The first-order chi connectivity index (χ1) is 9.11. The molecule has 0 amide bonds. The molecule has 1 aromatic carbocycles. The average molecular weight is 256 g/mol. The molecule has 0 saturated heterocycles. The Morgan fingerprint density at radius 2 is 2.11 bits per heavy atom. The number of aliphatic hydroxyl groups is 1. The fourth-order valence-corrected chi connectivity index (χ4v) is 2.95. The summed E-state index contributed by atoms with van der Waals surface area (Å²) in [5, 5.41) is 10.9. The van der Waals surface area contributed by atoms with E-state index < -0.39 is 0 Å². The maximum Gasteiger partial charge on any atom is 0.0740 e. The van der Waals surface area contributed by atoms with E-state index in [0.29, 0.717) is 0 Å². The fourth-order valence-electron chi connectivity index (χ4n) is 2.95. The van der Waals surface area contributed by atoms with Gasteiger partial charge in [-0.05, 0) is 43.1 Å². The summed E-state index contributed by atoms with van der Waals surface area (Å²) >= 11 is 0. The molecule has 19 heavy (non-hydrogen) atoms. The van der Waals surface area contributed by atoms with Crippen LogP contribution in [0.2, 0.25) is 0 Å². The largest absolute Gasteiger partial charge is 0.392 e. The Bertz CT molecular complexity index is 649. The Balaban J connectivity index is 2.35. The number of hydrogen-bond acceptors (Lipinski definition) is 3. The van der Waals surface area contributed by atoms with Crippen LogP contribution in [-0.2, 0) is 19.6 Å². The second-order valence-electron chi connectivity index (χ2n) is 5.57. The topological polar surface area (TPSA) is 36.4 Å². The molecule has 0 atom stereocenters. The van der Waals surface area contributed by atoms with Crippen LogP contribution >= 0.6 is 0 Å². The van der Waals surface area contributed by atoms with Gasteiger partial charge in [0, 0.05) is 30.6 Å². The lowest BCUT2D eigenvalue weighted by Crippen LogP contribution is -2.28. The first-order valence-corrected chi connectivity index (χ1v) is 6.81. The minimum absolute atomic E-state index is 0.0949. The molecule has 0 aliphatic carbocycles. The summed E-state index contributed by atoms with van der Waals surface area (Å²) in [5.74, 6) is 0. The lowest BCUT2D eigenvalue weighted by molar-refractivity contribution is 0.271. The molecular formula is C16H20N2O. The van der Waals surface area contributed by atoms with Gasteiger partial charge in [-0.25, -0.2) is 0 Å². The number of likely N-dealkylation sites (N-methyl/N-ethyl adjacent to an activating group) is 1. The molecule has 3 heteroatoms. The molecule has 1 N–H and O–H groups in total. The van der Waals surface area contributed by atoms with E-state index in [4.69, 9.17) is 4.98 Å². The van der Waals surface area contributed by atoms with Crippen LogP contribution in [0, 0.1) is 13.8 Å². The summed E-state index contributed by atoms with van der Waals surface area (Å²) in [6, 6.07) is 4.22. The van der Waals surface area contributed by atoms with Crippen molar-refractivity contribution in [3.63, 3.8) is 0 Å². The molecule has 0 bridgehead atoms. The summed E-state index contributed by atoms with van der Waals surface area (Å²) in [6.45, 7) is 6.26. The van der Waals surface area contributed by atoms with Gasteiger partial charge >= 0.3 is 0 Å². The van der Waals surface area contributed by atoms with Crippen molar-refractivity contribution in [2.45, 2.75) is 33.4 Å². The van der Waals surface area contributed by atoms with Gasteiger partial charge in [-0.1, -0.05) is 12.1 Å². The number of hydrogen-bond donors (Lipinski definition) is 1. The Hall–Kier alpha value is -1.45. The van der Waals surface area contributed by atoms with E-state index in [-0.39, 0.29) is 6.61 Å². The van der Waals surface area contributed by atoms with Gasteiger partial charge in [0.25, 0.3) is 0 Å². The SMILES string of the molecule is Cc1ccc2c(CO)c3c(nc2c1C)CCN(C)C3. The summed E-state index contributed by atoms with van der Waals surface area (Å²) in [6.07, 6.45) is 0.974. The van der Waals surface area contributed by atoms with Crippen molar-refractivity contribution < 1.29 is 5.11 Å². The van der Waals surface area contributed by atoms with Crippen LogP contribution in [0.25, 0.3) is 10.9 Å². The molecule has 100 valence electrons. The Morgan fingerprint density at radius 1 is 1.32 bits per heavy atom. The zero-order chi connectivity index (χ0) is 13.6. The number of aromatic nitrogens is 1. The van der Waals surface area contributed by atoms with Gasteiger partial charge in [0.2, 0.25) is 0 Å². The highest BCUT2D eigenvalue weighted by molar-refractivity contribution is 5.87. The van der Waals surface area contributed by atoms with Crippen molar-refractivity contribution in [2.24, 2.45) is 0 Å². The molecule has 0 unspecified atom stereocenters. The van der Waals surface area contributed by atoms with E-state index in [1.54, 1.807) is 0 Å². The molecule has 0 radical (unpaired) electrons. The summed E-state index contributed by atoms with van der Waals surface area (Å²) in [7, 11) is 2.12. The normalized spacial score (nSPS) is 15.8. The third kappa shape index (κ3) is 1.94. The minimum atomic E-state index is 0.0949. The van der Waals surface area contributed by atoms with Crippen LogP contribution in [0.1, 0.15) is 27.9 Å². The number of benzene rings is 1. The molecular weight excluding hydrogens is 236 g/mol. The molecule has 0 fully saturated rings. The van der Waals surface area contributed by atoms with Crippen LogP contribution in [-0.4, -0.2) is 28.6 Å². The second kappa shape index (κ2) is 4.58. The lowest BCUT2D eigenvalue weighted by Gasteiger charge is -2.27. The van der Waals surface area contributed by atoms with Crippen molar-refractivity contribution in [3.8, 4) is 0 Å². The minimum Gasteiger partial charge on any atom is -0.392 e.